The lowest BCUT2D eigenvalue weighted by Crippen LogP contribution is -2.08. The van der Waals surface area contributed by atoms with Gasteiger partial charge in [0.25, 0.3) is 0 Å². The number of carbonyl (C=O) groups is 2. The Bertz CT molecular complexity index is 911. The topological polar surface area (TPSA) is 112 Å². The molecule has 0 unspecified atom stereocenters. The van der Waals surface area contributed by atoms with E-state index >= 15 is 0 Å². The summed E-state index contributed by atoms with van der Waals surface area (Å²) in [6.07, 6.45) is 2.82. The summed E-state index contributed by atoms with van der Waals surface area (Å²) in [5.41, 5.74) is 6.91. The fourth-order valence-electron chi connectivity index (χ4n) is 2.21. The zero-order valence-corrected chi connectivity index (χ0v) is 15.7. The van der Waals surface area contributed by atoms with Crippen LogP contribution in [0.15, 0.2) is 30.3 Å². The predicted octanol–water partition coefficient (Wildman–Crippen LogP) is 3.14. The zero-order chi connectivity index (χ0) is 19.8. The van der Waals surface area contributed by atoms with Gasteiger partial charge in [-0.2, -0.15) is 5.26 Å². The first-order valence-corrected chi connectivity index (χ1v) is 8.79. The van der Waals surface area contributed by atoms with Gasteiger partial charge in [-0.1, -0.05) is 12.1 Å². The summed E-state index contributed by atoms with van der Waals surface area (Å²) in [6, 6.07) is 9.08. The first kappa shape index (κ1) is 20.0. The highest BCUT2D eigenvalue weighted by atomic mass is 32.1. The Balaban J connectivity index is 2.11. The molecule has 0 aliphatic carbocycles. The molecule has 1 aromatic heterocycles. The number of esters is 2. The lowest BCUT2D eigenvalue weighted by Gasteiger charge is -2.05. The molecule has 0 bridgehead atoms. The van der Waals surface area contributed by atoms with E-state index in [0.717, 1.165) is 16.9 Å². The first-order valence-electron chi connectivity index (χ1n) is 7.97. The van der Waals surface area contributed by atoms with E-state index in [4.69, 9.17) is 19.9 Å². The number of hydrogen-bond acceptors (Lipinski definition) is 8. The van der Waals surface area contributed by atoms with Gasteiger partial charge in [0.05, 0.1) is 19.3 Å². The Morgan fingerprint density at radius 1 is 1.33 bits per heavy atom. The fraction of sp³-hybridized carbons (Fsp3) is 0.211. The highest BCUT2D eigenvalue weighted by molar-refractivity contribution is 7.18. The molecule has 0 saturated heterocycles. The summed E-state index contributed by atoms with van der Waals surface area (Å²) in [4.78, 5) is 24.2. The van der Waals surface area contributed by atoms with Crippen LogP contribution in [0.4, 0.5) is 5.00 Å². The molecule has 0 amide bonds. The number of nitrogens with zero attached hydrogens (tertiary/aromatic N) is 1. The minimum absolute atomic E-state index is 0.118. The molecule has 1 heterocycles. The number of ether oxygens (including phenoxy) is 3. The molecule has 8 heteroatoms. The van der Waals surface area contributed by atoms with Crippen molar-refractivity contribution in [1.29, 1.82) is 5.26 Å². The van der Waals surface area contributed by atoms with E-state index < -0.39 is 11.9 Å². The maximum atomic E-state index is 12.0. The van der Waals surface area contributed by atoms with Crippen molar-refractivity contribution in [1.82, 2.24) is 0 Å². The van der Waals surface area contributed by atoms with Gasteiger partial charge in [0.1, 0.15) is 28.3 Å². The van der Waals surface area contributed by atoms with E-state index in [0.29, 0.717) is 5.75 Å². The number of methoxy groups -OCH3 is 1. The van der Waals surface area contributed by atoms with Crippen LogP contribution in [0.25, 0.3) is 6.08 Å². The van der Waals surface area contributed by atoms with Gasteiger partial charge in [0.15, 0.2) is 0 Å². The molecular weight excluding hydrogens is 368 g/mol. The number of nitrogen functional groups attached to an aromatic ring is 1. The second-order valence-electron chi connectivity index (χ2n) is 5.20. The molecule has 0 aliphatic heterocycles. The van der Waals surface area contributed by atoms with Crippen molar-refractivity contribution < 1.29 is 23.8 Å². The van der Waals surface area contributed by atoms with E-state index in [-0.39, 0.29) is 34.2 Å². The molecule has 140 valence electrons. The standard InChI is InChI=1S/C19H18N2O5S/c1-3-25-19(23)17-15(14(10-20)18(21)27-17)11-26-16(22)8-7-12-5-4-6-13(9-12)24-2/h4-9H,3,11,21H2,1-2H3/b8-7+. The molecule has 0 aliphatic rings. The number of thiophene rings is 1. The van der Waals surface area contributed by atoms with E-state index in [1.807, 2.05) is 6.07 Å². The molecule has 1 aromatic carbocycles. The van der Waals surface area contributed by atoms with Crippen molar-refractivity contribution in [3.05, 3.63) is 51.9 Å². The van der Waals surface area contributed by atoms with Crippen molar-refractivity contribution in [2.75, 3.05) is 19.5 Å². The summed E-state index contributed by atoms with van der Waals surface area (Å²) in [6.45, 7) is 1.59. The number of hydrogen-bond donors (Lipinski definition) is 1. The normalized spacial score (nSPS) is 10.4. The molecule has 2 rings (SSSR count). The van der Waals surface area contributed by atoms with E-state index in [9.17, 15) is 14.9 Å². The Hall–Kier alpha value is -3.31. The van der Waals surface area contributed by atoms with Crippen LogP contribution < -0.4 is 10.5 Å². The van der Waals surface area contributed by atoms with Crippen LogP contribution in [0.2, 0.25) is 0 Å². The fourth-order valence-corrected chi connectivity index (χ4v) is 3.12. The number of rotatable bonds is 7. The number of anilines is 1. The Morgan fingerprint density at radius 3 is 2.78 bits per heavy atom. The number of nitrogens with two attached hydrogens (primary N) is 1. The second kappa shape index (κ2) is 9.40. The number of carbonyl (C=O) groups excluding carboxylic acids is 2. The lowest BCUT2D eigenvalue weighted by atomic mass is 10.1. The van der Waals surface area contributed by atoms with Crippen LogP contribution in [0.3, 0.4) is 0 Å². The highest BCUT2D eigenvalue weighted by Crippen LogP contribution is 2.31. The molecule has 0 fully saturated rings. The third-order valence-corrected chi connectivity index (χ3v) is 4.51. The summed E-state index contributed by atoms with van der Waals surface area (Å²) in [5.74, 6) is -0.563. The third kappa shape index (κ3) is 5.09. The van der Waals surface area contributed by atoms with Crippen molar-refractivity contribution in [2.45, 2.75) is 13.5 Å². The molecule has 2 aromatic rings. The van der Waals surface area contributed by atoms with E-state index in [2.05, 4.69) is 0 Å². The molecular formula is C19H18N2O5S. The first-order chi connectivity index (χ1) is 13.0. The zero-order valence-electron chi connectivity index (χ0n) is 14.9. The average molecular weight is 386 g/mol. The van der Waals surface area contributed by atoms with Gasteiger partial charge in [-0.15, -0.1) is 11.3 Å². The lowest BCUT2D eigenvalue weighted by molar-refractivity contribution is -0.138. The van der Waals surface area contributed by atoms with Gasteiger partial charge < -0.3 is 19.9 Å². The van der Waals surface area contributed by atoms with Gasteiger partial charge in [0.2, 0.25) is 0 Å². The quantitative estimate of drug-likeness (QED) is 0.574. The van der Waals surface area contributed by atoms with Crippen LogP contribution in [0.5, 0.6) is 5.75 Å². The Kier molecular flexibility index (Phi) is 6.97. The van der Waals surface area contributed by atoms with Crippen molar-refractivity contribution in [3.8, 4) is 11.8 Å². The molecule has 0 radical (unpaired) electrons. The number of nitriles is 1. The average Bonchev–Trinajstić information content (AvgIpc) is 3.00. The Labute approximate surface area is 160 Å². The van der Waals surface area contributed by atoms with Crippen molar-refractivity contribution in [3.63, 3.8) is 0 Å². The SMILES string of the molecule is CCOC(=O)c1sc(N)c(C#N)c1COC(=O)/C=C/c1cccc(OC)c1. The van der Waals surface area contributed by atoms with Crippen molar-refractivity contribution >= 4 is 34.4 Å². The van der Waals surface area contributed by atoms with Crippen LogP contribution in [-0.4, -0.2) is 25.7 Å². The molecule has 7 nitrogen and oxygen atoms in total. The van der Waals surface area contributed by atoms with E-state index in [1.165, 1.54) is 6.08 Å². The third-order valence-electron chi connectivity index (χ3n) is 3.47. The monoisotopic (exact) mass is 386 g/mol. The molecule has 2 N–H and O–H groups in total. The van der Waals surface area contributed by atoms with Crippen LogP contribution >= 0.6 is 11.3 Å². The van der Waals surface area contributed by atoms with Gasteiger partial charge in [-0.25, -0.2) is 9.59 Å². The smallest absolute Gasteiger partial charge is 0.348 e. The van der Waals surface area contributed by atoms with Gasteiger partial charge >= 0.3 is 11.9 Å². The van der Waals surface area contributed by atoms with Gasteiger partial charge in [0, 0.05) is 11.6 Å². The minimum Gasteiger partial charge on any atom is -0.497 e. The maximum Gasteiger partial charge on any atom is 0.348 e. The molecule has 0 spiro atoms. The van der Waals surface area contributed by atoms with Crippen molar-refractivity contribution in [2.24, 2.45) is 0 Å². The number of benzene rings is 1. The summed E-state index contributed by atoms with van der Waals surface area (Å²) >= 11 is 0.937. The van der Waals surface area contributed by atoms with Crippen LogP contribution in [0, 0.1) is 11.3 Å². The van der Waals surface area contributed by atoms with Gasteiger partial charge in [-0.3, -0.25) is 0 Å². The van der Waals surface area contributed by atoms with Crippen LogP contribution in [-0.2, 0) is 20.9 Å². The van der Waals surface area contributed by atoms with E-state index in [1.54, 1.807) is 44.4 Å². The Morgan fingerprint density at radius 2 is 2.11 bits per heavy atom. The summed E-state index contributed by atoms with van der Waals surface area (Å²) in [5, 5.41) is 9.43. The molecule has 27 heavy (non-hydrogen) atoms. The van der Waals surface area contributed by atoms with Crippen LogP contribution in [0.1, 0.15) is 33.3 Å². The summed E-state index contributed by atoms with van der Waals surface area (Å²) in [7, 11) is 1.55. The molecule has 0 saturated carbocycles. The highest BCUT2D eigenvalue weighted by Gasteiger charge is 2.23. The second-order valence-corrected chi connectivity index (χ2v) is 6.25. The largest absolute Gasteiger partial charge is 0.497 e. The summed E-state index contributed by atoms with van der Waals surface area (Å²) < 4.78 is 15.2. The predicted molar refractivity (Wildman–Crippen MR) is 101 cm³/mol. The molecule has 0 atom stereocenters. The maximum absolute atomic E-state index is 12.0. The van der Waals surface area contributed by atoms with Gasteiger partial charge in [-0.05, 0) is 30.7 Å². The minimum atomic E-state index is -0.624.